The van der Waals surface area contributed by atoms with Crippen LogP contribution in [0.2, 0.25) is 0 Å². The van der Waals surface area contributed by atoms with Crippen molar-refractivity contribution in [2.45, 2.75) is 25.9 Å². The molecule has 0 aliphatic heterocycles. The average molecular weight is 220 g/mol. The largest absolute Gasteiger partial charge is 0.496 e. The van der Waals surface area contributed by atoms with E-state index in [-0.39, 0.29) is 11.9 Å². The fraction of sp³-hybridized carbons (Fsp3) is 0.462. The van der Waals surface area contributed by atoms with Crippen molar-refractivity contribution < 1.29 is 14.3 Å². The van der Waals surface area contributed by atoms with Crippen molar-refractivity contribution in [3.05, 3.63) is 28.8 Å². The molecule has 0 bridgehead atoms. The Labute approximate surface area is 95.4 Å². The summed E-state index contributed by atoms with van der Waals surface area (Å²) in [6.07, 6.45) is 1.37. The summed E-state index contributed by atoms with van der Waals surface area (Å²) in [4.78, 5) is 12.0. The lowest BCUT2D eigenvalue weighted by molar-refractivity contribution is 0.0559. The van der Waals surface area contributed by atoms with Crippen LogP contribution in [0, 0.1) is 6.92 Å². The number of methoxy groups -OCH3 is 2. The third kappa shape index (κ3) is 1.71. The standard InChI is InChI=1S/C13H16O3/c1-8-6-9-4-5-11(15-2)13(14)10(9)7-12(8)16-3/h6-7,11H,4-5H2,1-3H3. The minimum atomic E-state index is -0.292. The number of hydrogen-bond donors (Lipinski definition) is 0. The molecule has 0 spiro atoms. The predicted octanol–water partition coefficient (Wildman–Crippen LogP) is 2.15. The van der Waals surface area contributed by atoms with Gasteiger partial charge in [0, 0.05) is 12.7 Å². The van der Waals surface area contributed by atoms with Gasteiger partial charge in [-0.3, -0.25) is 4.79 Å². The Hall–Kier alpha value is -1.35. The SMILES string of the molecule is COc1cc2c(cc1C)CCC(OC)C2=O. The van der Waals surface area contributed by atoms with E-state index < -0.39 is 0 Å². The van der Waals surface area contributed by atoms with Crippen molar-refractivity contribution in [2.75, 3.05) is 14.2 Å². The smallest absolute Gasteiger partial charge is 0.191 e. The van der Waals surface area contributed by atoms with Gasteiger partial charge < -0.3 is 9.47 Å². The number of carbonyl (C=O) groups is 1. The van der Waals surface area contributed by atoms with Crippen molar-refractivity contribution in [3.63, 3.8) is 0 Å². The molecule has 1 aliphatic rings. The molecule has 3 nitrogen and oxygen atoms in total. The van der Waals surface area contributed by atoms with E-state index in [2.05, 4.69) is 0 Å². The van der Waals surface area contributed by atoms with Gasteiger partial charge in [-0.2, -0.15) is 0 Å². The predicted molar refractivity (Wildman–Crippen MR) is 61.2 cm³/mol. The molecule has 0 fully saturated rings. The van der Waals surface area contributed by atoms with Crippen LogP contribution in [0.3, 0.4) is 0 Å². The summed E-state index contributed by atoms with van der Waals surface area (Å²) in [5.41, 5.74) is 2.93. The number of carbonyl (C=O) groups excluding carboxylic acids is 1. The van der Waals surface area contributed by atoms with Crippen LogP contribution in [0.1, 0.15) is 27.9 Å². The van der Waals surface area contributed by atoms with E-state index in [1.807, 2.05) is 19.1 Å². The maximum atomic E-state index is 12.0. The third-order valence-corrected chi connectivity index (χ3v) is 3.14. The summed E-state index contributed by atoms with van der Waals surface area (Å²) in [6, 6.07) is 3.87. The van der Waals surface area contributed by atoms with Crippen molar-refractivity contribution in [1.82, 2.24) is 0 Å². The lowest BCUT2D eigenvalue weighted by atomic mass is 9.87. The van der Waals surface area contributed by atoms with E-state index in [0.29, 0.717) is 0 Å². The Balaban J connectivity index is 2.47. The fourth-order valence-corrected chi connectivity index (χ4v) is 2.22. The highest BCUT2D eigenvalue weighted by atomic mass is 16.5. The highest BCUT2D eigenvalue weighted by Gasteiger charge is 2.27. The van der Waals surface area contributed by atoms with Gasteiger partial charge in [-0.1, -0.05) is 6.07 Å². The zero-order chi connectivity index (χ0) is 11.7. The molecule has 2 rings (SSSR count). The van der Waals surface area contributed by atoms with Gasteiger partial charge in [0.15, 0.2) is 5.78 Å². The van der Waals surface area contributed by atoms with Crippen LogP contribution in [0.5, 0.6) is 5.75 Å². The summed E-state index contributed by atoms with van der Waals surface area (Å²) in [5, 5.41) is 0. The molecule has 1 atom stereocenters. The minimum absolute atomic E-state index is 0.0713. The van der Waals surface area contributed by atoms with Crippen LogP contribution in [0.15, 0.2) is 12.1 Å². The van der Waals surface area contributed by atoms with Crippen LogP contribution < -0.4 is 4.74 Å². The molecular weight excluding hydrogens is 204 g/mol. The number of ketones is 1. The van der Waals surface area contributed by atoms with Crippen molar-refractivity contribution in [3.8, 4) is 5.75 Å². The maximum absolute atomic E-state index is 12.0. The molecule has 0 radical (unpaired) electrons. The molecular formula is C13H16O3. The molecule has 0 N–H and O–H groups in total. The molecule has 1 aliphatic carbocycles. The van der Waals surface area contributed by atoms with Crippen LogP contribution in [0.25, 0.3) is 0 Å². The first-order valence-electron chi connectivity index (χ1n) is 5.42. The maximum Gasteiger partial charge on any atom is 0.191 e. The molecule has 86 valence electrons. The number of hydrogen-bond acceptors (Lipinski definition) is 3. The van der Waals surface area contributed by atoms with Gasteiger partial charge in [0.2, 0.25) is 0 Å². The molecule has 3 heteroatoms. The first-order chi connectivity index (χ1) is 7.67. The Morgan fingerprint density at radius 2 is 2.06 bits per heavy atom. The van der Waals surface area contributed by atoms with Crippen molar-refractivity contribution in [2.24, 2.45) is 0 Å². The fourth-order valence-electron chi connectivity index (χ4n) is 2.22. The van der Waals surface area contributed by atoms with E-state index in [4.69, 9.17) is 9.47 Å². The molecule has 1 aromatic carbocycles. The van der Waals surface area contributed by atoms with Crippen LogP contribution in [0.4, 0.5) is 0 Å². The Bertz CT molecular complexity index is 423. The number of ether oxygens (including phenoxy) is 2. The summed E-state index contributed by atoms with van der Waals surface area (Å²) >= 11 is 0. The number of Topliss-reactive ketones (excluding diaryl/α,β-unsaturated/α-hetero) is 1. The molecule has 0 saturated carbocycles. The van der Waals surface area contributed by atoms with Gasteiger partial charge in [0.25, 0.3) is 0 Å². The van der Waals surface area contributed by atoms with E-state index in [9.17, 15) is 4.79 Å². The number of aryl methyl sites for hydroxylation is 2. The van der Waals surface area contributed by atoms with Crippen LogP contribution in [-0.2, 0) is 11.2 Å². The zero-order valence-corrected chi connectivity index (χ0v) is 9.87. The Morgan fingerprint density at radius 1 is 1.31 bits per heavy atom. The van der Waals surface area contributed by atoms with E-state index >= 15 is 0 Å². The zero-order valence-electron chi connectivity index (χ0n) is 9.87. The van der Waals surface area contributed by atoms with Gasteiger partial charge >= 0.3 is 0 Å². The molecule has 1 aromatic rings. The van der Waals surface area contributed by atoms with E-state index in [1.165, 1.54) is 0 Å². The topological polar surface area (TPSA) is 35.5 Å². The molecule has 1 unspecified atom stereocenters. The molecule has 0 heterocycles. The monoisotopic (exact) mass is 220 g/mol. The van der Waals surface area contributed by atoms with E-state index in [1.54, 1.807) is 14.2 Å². The average Bonchev–Trinajstić information content (AvgIpc) is 2.29. The summed E-state index contributed by atoms with van der Waals surface area (Å²) in [6.45, 7) is 1.99. The van der Waals surface area contributed by atoms with Crippen molar-refractivity contribution in [1.29, 1.82) is 0 Å². The third-order valence-electron chi connectivity index (χ3n) is 3.14. The van der Waals surface area contributed by atoms with Gasteiger partial charge in [-0.25, -0.2) is 0 Å². The van der Waals surface area contributed by atoms with Crippen LogP contribution in [-0.4, -0.2) is 26.1 Å². The van der Waals surface area contributed by atoms with E-state index in [0.717, 1.165) is 35.3 Å². The normalized spacial score (nSPS) is 19.4. The summed E-state index contributed by atoms with van der Waals surface area (Å²) in [5.74, 6) is 0.839. The first kappa shape index (κ1) is 11.1. The molecule has 0 amide bonds. The number of rotatable bonds is 2. The second kappa shape index (κ2) is 4.26. The minimum Gasteiger partial charge on any atom is -0.496 e. The highest BCUT2D eigenvalue weighted by Crippen LogP contribution is 2.29. The number of fused-ring (bicyclic) bond motifs is 1. The lowest BCUT2D eigenvalue weighted by Gasteiger charge is -2.23. The molecule has 16 heavy (non-hydrogen) atoms. The van der Waals surface area contributed by atoms with Crippen LogP contribution >= 0.6 is 0 Å². The van der Waals surface area contributed by atoms with Crippen molar-refractivity contribution >= 4 is 5.78 Å². The van der Waals surface area contributed by atoms with Gasteiger partial charge in [-0.15, -0.1) is 0 Å². The summed E-state index contributed by atoms with van der Waals surface area (Å²) in [7, 11) is 3.20. The quantitative estimate of drug-likeness (QED) is 0.766. The Kier molecular flexibility index (Phi) is 2.97. The highest BCUT2D eigenvalue weighted by molar-refractivity contribution is 6.02. The van der Waals surface area contributed by atoms with Gasteiger partial charge in [-0.05, 0) is 37.0 Å². The van der Waals surface area contributed by atoms with Gasteiger partial charge in [0.05, 0.1) is 7.11 Å². The first-order valence-corrected chi connectivity index (χ1v) is 5.42. The Morgan fingerprint density at radius 3 is 2.69 bits per heavy atom. The lowest BCUT2D eigenvalue weighted by Crippen LogP contribution is -2.29. The second-order valence-electron chi connectivity index (χ2n) is 4.11. The summed E-state index contributed by atoms with van der Waals surface area (Å²) < 4.78 is 10.4. The number of benzene rings is 1. The van der Waals surface area contributed by atoms with Gasteiger partial charge in [0.1, 0.15) is 11.9 Å². The molecule has 0 saturated heterocycles. The second-order valence-corrected chi connectivity index (χ2v) is 4.11. The molecule has 0 aromatic heterocycles.